The minimum absolute atomic E-state index is 0.479. The Balaban J connectivity index is 3.42. The number of hydrogen-bond donors (Lipinski definition) is 1. The molecule has 1 N–H and O–H groups in total. The van der Waals surface area contributed by atoms with E-state index in [2.05, 4.69) is 9.72 Å². The topological polar surface area (TPSA) is 59.4 Å². The van der Waals surface area contributed by atoms with Crippen LogP contribution in [0.3, 0.4) is 0 Å². The highest BCUT2D eigenvalue weighted by Crippen LogP contribution is 2.31. The van der Waals surface area contributed by atoms with Gasteiger partial charge in [0.05, 0.1) is 18.9 Å². The lowest BCUT2D eigenvalue weighted by Gasteiger charge is -2.09. The smallest absolute Gasteiger partial charge is 0.357 e. The summed E-state index contributed by atoms with van der Waals surface area (Å²) in [5.41, 5.74) is -2.14. The molecule has 0 amide bonds. The minimum atomic E-state index is -3.17. The molecule has 1 aromatic rings. The van der Waals surface area contributed by atoms with E-state index in [4.69, 9.17) is 5.11 Å². The second kappa shape index (κ2) is 4.16. The van der Waals surface area contributed by atoms with Crippen molar-refractivity contribution in [3.05, 3.63) is 23.3 Å². The predicted molar refractivity (Wildman–Crippen MR) is 42.7 cm³/mol. The lowest BCUT2D eigenvalue weighted by atomic mass is 10.2. The van der Waals surface area contributed by atoms with Gasteiger partial charge in [0.25, 0.3) is 6.43 Å². The van der Waals surface area contributed by atoms with E-state index in [1.165, 1.54) is 0 Å². The van der Waals surface area contributed by atoms with Crippen LogP contribution in [0.5, 0.6) is 5.75 Å². The first-order valence-corrected chi connectivity index (χ1v) is 3.72. The standard InChI is InChI=1S/C8H6F3NO3/c1-15-3-2-12-6(8(13)14)5(9)4(3)7(10)11/h2,7H,1H3,(H,13,14). The number of carbonyl (C=O) groups is 1. The Morgan fingerprint density at radius 3 is 2.60 bits per heavy atom. The second-order valence-electron chi connectivity index (χ2n) is 2.51. The van der Waals surface area contributed by atoms with Gasteiger partial charge < -0.3 is 9.84 Å². The molecule has 15 heavy (non-hydrogen) atoms. The number of alkyl halides is 2. The van der Waals surface area contributed by atoms with Crippen molar-refractivity contribution in [2.24, 2.45) is 0 Å². The number of methoxy groups -OCH3 is 1. The Morgan fingerprint density at radius 1 is 1.60 bits per heavy atom. The summed E-state index contributed by atoms with van der Waals surface area (Å²) in [4.78, 5) is 13.6. The first-order chi connectivity index (χ1) is 6.99. The van der Waals surface area contributed by atoms with Crippen LogP contribution in [0.1, 0.15) is 22.5 Å². The SMILES string of the molecule is COc1cnc(C(=O)O)c(F)c1C(F)F. The number of carboxylic acid groups (broad SMARTS) is 1. The molecule has 1 heterocycles. The molecule has 0 atom stereocenters. The van der Waals surface area contributed by atoms with Crippen LogP contribution >= 0.6 is 0 Å². The third kappa shape index (κ3) is 2.00. The average Bonchev–Trinajstić information content (AvgIpc) is 2.15. The lowest BCUT2D eigenvalue weighted by molar-refractivity contribution is 0.0682. The summed E-state index contributed by atoms with van der Waals surface area (Å²) < 4.78 is 42.4. The van der Waals surface area contributed by atoms with Gasteiger partial charge >= 0.3 is 5.97 Å². The molecule has 0 saturated heterocycles. The van der Waals surface area contributed by atoms with Crippen LogP contribution in [-0.2, 0) is 0 Å². The molecule has 0 aliphatic rings. The van der Waals surface area contributed by atoms with Gasteiger partial charge in [0, 0.05) is 0 Å². The maximum absolute atomic E-state index is 13.2. The van der Waals surface area contributed by atoms with E-state index in [0.717, 1.165) is 13.3 Å². The van der Waals surface area contributed by atoms with Gasteiger partial charge in [0.2, 0.25) is 0 Å². The van der Waals surface area contributed by atoms with Gasteiger partial charge in [-0.2, -0.15) is 0 Å². The van der Waals surface area contributed by atoms with Crippen molar-refractivity contribution in [1.29, 1.82) is 0 Å². The molecule has 0 spiro atoms. The molecular formula is C8H6F3NO3. The van der Waals surface area contributed by atoms with Crippen molar-refractivity contribution in [2.45, 2.75) is 6.43 Å². The normalized spacial score (nSPS) is 10.5. The highest BCUT2D eigenvalue weighted by atomic mass is 19.3. The predicted octanol–water partition coefficient (Wildman–Crippen LogP) is 1.87. The van der Waals surface area contributed by atoms with Gasteiger partial charge in [-0.3, -0.25) is 0 Å². The number of carboxylic acids is 1. The third-order valence-electron chi connectivity index (χ3n) is 1.66. The first-order valence-electron chi connectivity index (χ1n) is 3.72. The number of pyridine rings is 1. The van der Waals surface area contributed by atoms with Crippen LogP contribution in [0.2, 0.25) is 0 Å². The summed E-state index contributed by atoms with van der Waals surface area (Å²) in [5.74, 6) is -3.76. The summed E-state index contributed by atoms with van der Waals surface area (Å²) in [5, 5.41) is 8.45. The molecular weight excluding hydrogens is 215 g/mol. The van der Waals surface area contributed by atoms with Crippen LogP contribution in [0.15, 0.2) is 6.20 Å². The Morgan fingerprint density at radius 2 is 2.20 bits per heavy atom. The molecule has 0 aliphatic heterocycles. The number of aromatic carboxylic acids is 1. The van der Waals surface area contributed by atoms with Crippen LogP contribution < -0.4 is 4.74 Å². The highest BCUT2D eigenvalue weighted by molar-refractivity contribution is 5.86. The Hall–Kier alpha value is -1.79. The van der Waals surface area contributed by atoms with Gasteiger partial charge in [0.1, 0.15) is 5.75 Å². The molecule has 0 fully saturated rings. The monoisotopic (exact) mass is 221 g/mol. The van der Waals surface area contributed by atoms with E-state index in [-0.39, 0.29) is 0 Å². The molecule has 0 unspecified atom stereocenters. The number of aromatic nitrogens is 1. The third-order valence-corrected chi connectivity index (χ3v) is 1.66. The summed E-state index contributed by atoms with van der Waals surface area (Å²) in [6, 6.07) is 0. The van der Waals surface area contributed by atoms with E-state index < -0.39 is 35.2 Å². The van der Waals surface area contributed by atoms with Crippen LogP contribution in [-0.4, -0.2) is 23.2 Å². The molecule has 1 rings (SSSR count). The molecule has 82 valence electrons. The number of hydrogen-bond acceptors (Lipinski definition) is 3. The van der Waals surface area contributed by atoms with Crippen molar-refractivity contribution >= 4 is 5.97 Å². The largest absolute Gasteiger partial charge is 0.495 e. The fourth-order valence-electron chi connectivity index (χ4n) is 1.00. The molecule has 4 nitrogen and oxygen atoms in total. The zero-order valence-corrected chi connectivity index (χ0v) is 7.50. The first kappa shape index (κ1) is 11.3. The van der Waals surface area contributed by atoms with Gasteiger partial charge in [0.15, 0.2) is 11.5 Å². The quantitative estimate of drug-likeness (QED) is 0.846. The number of halogens is 3. The minimum Gasteiger partial charge on any atom is -0.495 e. The van der Waals surface area contributed by atoms with Crippen molar-refractivity contribution in [3.63, 3.8) is 0 Å². The lowest BCUT2D eigenvalue weighted by Crippen LogP contribution is -2.09. The number of rotatable bonds is 3. The maximum atomic E-state index is 13.2. The van der Waals surface area contributed by atoms with Crippen LogP contribution in [0.4, 0.5) is 13.2 Å². The molecule has 0 bridgehead atoms. The Bertz CT molecular complexity index is 395. The molecule has 1 aromatic heterocycles. The van der Waals surface area contributed by atoms with Gasteiger partial charge in [-0.15, -0.1) is 0 Å². The van der Waals surface area contributed by atoms with Crippen molar-refractivity contribution in [1.82, 2.24) is 4.98 Å². The molecule has 0 radical (unpaired) electrons. The Labute approximate surface area is 82.3 Å². The Kier molecular flexibility index (Phi) is 3.13. The molecule has 0 aliphatic carbocycles. The average molecular weight is 221 g/mol. The fourth-order valence-corrected chi connectivity index (χ4v) is 1.00. The van der Waals surface area contributed by atoms with E-state index >= 15 is 0 Å². The van der Waals surface area contributed by atoms with Crippen molar-refractivity contribution in [3.8, 4) is 5.75 Å². The van der Waals surface area contributed by atoms with E-state index in [9.17, 15) is 18.0 Å². The van der Waals surface area contributed by atoms with Gasteiger partial charge in [-0.25, -0.2) is 22.9 Å². The highest BCUT2D eigenvalue weighted by Gasteiger charge is 2.25. The van der Waals surface area contributed by atoms with Crippen molar-refractivity contribution in [2.75, 3.05) is 7.11 Å². The maximum Gasteiger partial charge on any atom is 0.357 e. The summed E-state index contributed by atoms with van der Waals surface area (Å²) in [6.45, 7) is 0. The number of nitrogens with zero attached hydrogens (tertiary/aromatic N) is 1. The fraction of sp³-hybridized carbons (Fsp3) is 0.250. The van der Waals surface area contributed by atoms with E-state index in [0.29, 0.717) is 0 Å². The summed E-state index contributed by atoms with van der Waals surface area (Å²) in [7, 11) is 1.06. The van der Waals surface area contributed by atoms with Crippen molar-refractivity contribution < 1.29 is 27.8 Å². The van der Waals surface area contributed by atoms with E-state index in [1.807, 2.05) is 0 Å². The number of ether oxygens (including phenoxy) is 1. The van der Waals surface area contributed by atoms with Crippen LogP contribution in [0.25, 0.3) is 0 Å². The zero-order chi connectivity index (χ0) is 11.6. The zero-order valence-electron chi connectivity index (χ0n) is 7.50. The van der Waals surface area contributed by atoms with Gasteiger partial charge in [-0.1, -0.05) is 0 Å². The van der Waals surface area contributed by atoms with Gasteiger partial charge in [-0.05, 0) is 0 Å². The molecule has 0 saturated carbocycles. The molecule has 0 aromatic carbocycles. The van der Waals surface area contributed by atoms with Crippen LogP contribution in [0, 0.1) is 5.82 Å². The molecule has 7 heteroatoms. The second-order valence-corrected chi connectivity index (χ2v) is 2.51. The summed E-state index contributed by atoms with van der Waals surface area (Å²) in [6.07, 6.45) is -2.42. The summed E-state index contributed by atoms with van der Waals surface area (Å²) >= 11 is 0. The van der Waals surface area contributed by atoms with E-state index in [1.54, 1.807) is 0 Å².